The monoisotopic (exact) mass is 218 g/mol. The Morgan fingerprint density at radius 1 is 1.73 bits per heavy atom. The molecule has 4 heteroatoms. The molecule has 1 rings (SSSR count). The molecule has 0 aliphatic heterocycles. The Balaban J connectivity index is 2.64. The third kappa shape index (κ3) is 3.96. The van der Waals surface area contributed by atoms with Crippen molar-refractivity contribution >= 4 is 23.0 Å². The van der Waals surface area contributed by atoms with Crippen LogP contribution in [0.15, 0.2) is 24.4 Å². The molecule has 0 aromatic carbocycles. The molecule has 0 spiro atoms. The molecular weight excluding hydrogens is 208 g/mol. The topological polar surface area (TPSA) is 53.8 Å². The van der Waals surface area contributed by atoms with Gasteiger partial charge in [0.2, 0.25) is 0 Å². The van der Waals surface area contributed by atoms with Crippen molar-refractivity contribution in [3.8, 4) is 6.07 Å². The fourth-order valence-corrected chi connectivity index (χ4v) is 1.40. The molecule has 0 radical (unpaired) electrons. The number of pyridine rings is 1. The van der Waals surface area contributed by atoms with Gasteiger partial charge in [0.25, 0.3) is 0 Å². The lowest BCUT2D eigenvalue weighted by Crippen LogP contribution is -1.86. The van der Waals surface area contributed by atoms with E-state index < -0.39 is 0 Å². The highest BCUT2D eigenvalue weighted by atomic mass is 32.2. The standard InChI is InChI=1S/C11H10N2OS/c1-9(14)15-7-3-5-11-10(8-12)4-2-6-13-11/h2-6H,7H2,1H3. The van der Waals surface area contributed by atoms with Gasteiger partial charge in [0, 0.05) is 18.9 Å². The summed E-state index contributed by atoms with van der Waals surface area (Å²) in [6.07, 6.45) is 5.22. The maximum Gasteiger partial charge on any atom is 0.186 e. The zero-order chi connectivity index (χ0) is 11.1. The number of nitrogens with zero attached hydrogens (tertiary/aromatic N) is 2. The molecule has 3 nitrogen and oxygen atoms in total. The van der Waals surface area contributed by atoms with Crippen molar-refractivity contribution in [2.45, 2.75) is 6.92 Å². The highest BCUT2D eigenvalue weighted by Gasteiger charge is 1.97. The zero-order valence-electron chi connectivity index (χ0n) is 8.30. The summed E-state index contributed by atoms with van der Waals surface area (Å²) in [5.74, 6) is 0.608. The van der Waals surface area contributed by atoms with Crippen molar-refractivity contribution in [2.24, 2.45) is 0 Å². The number of carbonyl (C=O) groups is 1. The quantitative estimate of drug-likeness (QED) is 0.780. The number of rotatable bonds is 3. The Morgan fingerprint density at radius 2 is 2.53 bits per heavy atom. The maximum atomic E-state index is 10.6. The zero-order valence-corrected chi connectivity index (χ0v) is 9.12. The summed E-state index contributed by atoms with van der Waals surface area (Å²) in [6.45, 7) is 1.53. The van der Waals surface area contributed by atoms with Crippen LogP contribution in [0.25, 0.3) is 6.08 Å². The largest absolute Gasteiger partial charge is 0.288 e. The van der Waals surface area contributed by atoms with Gasteiger partial charge in [-0.3, -0.25) is 9.78 Å². The molecule has 76 valence electrons. The molecule has 1 heterocycles. The van der Waals surface area contributed by atoms with Gasteiger partial charge >= 0.3 is 0 Å². The van der Waals surface area contributed by atoms with Crippen LogP contribution in [-0.4, -0.2) is 15.9 Å². The van der Waals surface area contributed by atoms with Crippen LogP contribution in [0, 0.1) is 11.3 Å². The predicted octanol–water partition coefficient (Wildman–Crippen LogP) is 2.25. The SMILES string of the molecule is CC(=O)SCC=Cc1ncccc1C#N. The molecule has 1 aromatic heterocycles. The lowest BCUT2D eigenvalue weighted by Gasteiger charge is -1.94. The Hall–Kier alpha value is -1.60. The van der Waals surface area contributed by atoms with Crippen molar-refractivity contribution in [1.29, 1.82) is 5.26 Å². The fraction of sp³-hybridized carbons (Fsp3) is 0.182. The minimum absolute atomic E-state index is 0.0844. The van der Waals surface area contributed by atoms with E-state index in [2.05, 4.69) is 11.1 Å². The van der Waals surface area contributed by atoms with Gasteiger partial charge in [-0.25, -0.2) is 0 Å². The van der Waals surface area contributed by atoms with Crippen molar-refractivity contribution in [1.82, 2.24) is 4.98 Å². The first kappa shape index (κ1) is 11.5. The molecular formula is C11H10N2OS. The molecule has 0 amide bonds. The highest BCUT2D eigenvalue weighted by Crippen LogP contribution is 2.07. The third-order valence-corrected chi connectivity index (χ3v) is 2.38. The Morgan fingerprint density at radius 3 is 3.20 bits per heavy atom. The van der Waals surface area contributed by atoms with Crippen molar-refractivity contribution < 1.29 is 4.79 Å². The minimum atomic E-state index is 0.0844. The lowest BCUT2D eigenvalue weighted by molar-refractivity contribution is -0.109. The second-order valence-corrected chi connectivity index (χ2v) is 3.95. The van der Waals surface area contributed by atoms with Crippen LogP contribution in [0.3, 0.4) is 0 Å². The molecule has 0 unspecified atom stereocenters. The smallest absolute Gasteiger partial charge is 0.186 e. The predicted molar refractivity (Wildman–Crippen MR) is 61.1 cm³/mol. The van der Waals surface area contributed by atoms with E-state index in [4.69, 9.17) is 5.26 Å². The first-order chi connectivity index (χ1) is 7.24. The molecule has 0 aliphatic rings. The molecule has 15 heavy (non-hydrogen) atoms. The second-order valence-electron chi connectivity index (χ2n) is 2.75. The number of thioether (sulfide) groups is 1. The molecule has 0 fully saturated rings. The van der Waals surface area contributed by atoms with Crippen LogP contribution in [0.2, 0.25) is 0 Å². The summed E-state index contributed by atoms with van der Waals surface area (Å²) in [4.78, 5) is 14.7. The summed E-state index contributed by atoms with van der Waals surface area (Å²) < 4.78 is 0. The average molecular weight is 218 g/mol. The van der Waals surface area contributed by atoms with Crippen molar-refractivity contribution in [3.63, 3.8) is 0 Å². The summed E-state index contributed by atoms with van der Waals surface area (Å²) in [6, 6.07) is 5.49. The van der Waals surface area contributed by atoms with Crippen molar-refractivity contribution in [2.75, 3.05) is 5.75 Å². The minimum Gasteiger partial charge on any atom is -0.288 e. The van der Waals surface area contributed by atoms with E-state index >= 15 is 0 Å². The van der Waals surface area contributed by atoms with Gasteiger partial charge in [-0.15, -0.1) is 0 Å². The van der Waals surface area contributed by atoms with E-state index in [-0.39, 0.29) is 5.12 Å². The number of carbonyl (C=O) groups excluding carboxylic acids is 1. The fourth-order valence-electron chi connectivity index (χ4n) is 0.970. The number of hydrogen-bond donors (Lipinski definition) is 0. The van der Waals surface area contributed by atoms with Crippen LogP contribution in [-0.2, 0) is 4.79 Å². The van der Waals surface area contributed by atoms with E-state index in [9.17, 15) is 4.79 Å². The van der Waals surface area contributed by atoms with Gasteiger partial charge in [-0.2, -0.15) is 5.26 Å². The highest BCUT2D eigenvalue weighted by molar-refractivity contribution is 8.13. The van der Waals surface area contributed by atoms with Gasteiger partial charge in [0.05, 0.1) is 11.3 Å². The van der Waals surface area contributed by atoms with Crippen LogP contribution < -0.4 is 0 Å². The molecule has 0 N–H and O–H groups in total. The number of hydrogen-bond acceptors (Lipinski definition) is 4. The molecule has 0 saturated carbocycles. The van der Waals surface area contributed by atoms with Crippen LogP contribution in [0.1, 0.15) is 18.2 Å². The van der Waals surface area contributed by atoms with Crippen LogP contribution in [0.5, 0.6) is 0 Å². The Bertz CT molecular complexity index is 421. The van der Waals surface area contributed by atoms with Crippen molar-refractivity contribution in [3.05, 3.63) is 35.7 Å². The Labute approximate surface area is 92.8 Å². The number of aromatic nitrogens is 1. The molecule has 1 aromatic rings. The molecule has 0 saturated heterocycles. The maximum absolute atomic E-state index is 10.6. The van der Waals surface area contributed by atoms with Gasteiger partial charge in [-0.1, -0.05) is 17.8 Å². The van der Waals surface area contributed by atoms with Gasteiger partial charge in [0.15, 0.2) is 5.12 Å². The van der Waals surface area contributed by atoms with Crippen LogP contribution >= 0.6 is 11.8 Å². The van der Waals surface area contributed by atoms with E-state index in [1.807, 2.05) is 6.08 Å². The lowest BCUT2D eigenvalue weighted by atomic mass is 10.2. The summed E-state index contributed by atoms with van der Waals surface area (Å²) in [5.41, 5.74) is 1.19. The van der Waals surface area contributed by atoms with E-state index in [1.54, 1.807) is 24.4 Å². The van der Waals surface area contributed by atoms with Gasteiger partial charge < -0.3 is 0 Å². The third-order valence-electron chi connectivity index (χ3n) is 1.62. The summed E-state index contributed by atoms with van der Waals surface area (Å²) >= 11 is 1.23. The molecule has 0 bridgehead atoms. The average Bonchev–Trinajstić information content (AvgIpc) is 2.24. The normalized spacial score (nSPS) is 10.1. The van der Waals surface area contributed by atoms with E-state index in [1.165, 1.54) is 18.7 Å². The first-order valence-electron chi connectivity index (χ1n) is 4.39. The second kappa shape index (κ2) is 5.99. The summed E-state index contributed by atoms with van der Waals surface area (Å²) in [5, 5.41) is 8.86. The van der Waals surface area contributed by atoms with Gasteiger partial charge in [0.1, 0.15) is 6.07 Å². The molecule has 0 aliphatic carbocycles. The van der Waals surface area contributed by atoms with Gasteiger partial charge in [-0.05, 0) is 18.2 Å². The van der Waals surface area contributed by atoms with Crippen LogP contribution in [0.4, 0.5) is 0 Å². The molecule has 0 atom stereocenters. The van der Waals surface area contributed by atoms with E-state index in [0.717, 1.165) is 0 Å². The van der Waals surface area contributed by atoms with E-state index in [0.29, 0.717) is 17.0 Å². The Kier molecular flexibility index (Phi) is 4.58. The number of nitriles is 1. The first-order valence-corrected chi connectivity index (χ1v) is 5.37. The summed E-state index contributed by atoms with van der Waals surface area (Å²) in [7, 11) is 0.